The summed E-state index contributed by atoms with van der Waals surface area (Å²) in [6.45, 7) is 8.09. The molecule has 4 atom stereocenters. The van der Waals surface area contributed by atoms with Gasteiger partial charge in [-0.05, 0) is 68.3 Å². The lowest BCUT2D eigenvalue weighted by Gasteiger charge is -2.50. The summed E-state index contributed by atoms with van der Waals surface area (Å²) in [6.07, 6.45) is 0.373. The van der Waals surface area contributed by atoms with E-state index in [1.807, 2.05) is 18.2 Å². The van der Waals surface area contributed by atoms with E-state index < -0.39 is 57.9 Å². The van der Waals surface area contributed by atoms with Crippen LogP contribution in [0.15, 0.2) is 46.9 Å². The lowest BCUT2D eigenvalue weighted by molar-refractivity contribution is -0.148. The highest BCUT2D eigenvalue weighted by atomic mass is 16.3. The van der Waals surface area contributed by atoms with Crippen molar-refractivity contribution in [3.63, 3.8) is 0 Å². The van der Waals surface area contributed by atoms with E-state index in [-0.39, 0.29) is 35.1 Å². The number of fused-ring (bicyclic) bond motifs is 4. The van der Waals surface area contributed by atoms with E-state index in [9.17, 15) is 34.8 Å². The number of likely N-dealkylation sites (N-methyl/N-ethyl adjacent to an activating group) is 1. The summed E-state index contributed by atoms with van der Waals surface area (Å²) < 4.78 is 0. The van der Waals surface area contributed by atoms with Gasteiger partial charge in [-0.3, -0.25) is 19.3 Å². The Balaban J connectivity index is 1.65. The fourth-order valence-corrected chi connectivity index (χ4v) is 6.60. The maximum Gasteiger partial charge on any atom is 0.209 e. The van der Waals surface area contributed by atoms with Crippen LogP contribution in [0.3, 0.4) is 0 Å². The van der Waals surface area contributed by atoms with Crippen molar-refractivity contribution in [1.82, 2.24) is 4.90 Å². The molecule has 3 aliphatic carbocycles. The summed E-state index contributed by atoms with van der Waals surface area (Å²) in [5.74, 6) is -5.61. The molecular weight excluding hydrogens is 512 g/mol. The summed E-state index contributed by atoms with van der Waals surface area (Å²) in [6, 6.07) is 6.48. The third-order valence-corrected chi connectivity index (χ3v) is 8.46. The number of hydrogen-bond acceptors (Lipinski definition) is 9. The molecule has 0 spiro atoms. The number of aliphatic hydroxyl groups excluding tert-OH is 2. The molecule has 0 fully saturated rings. The number of hydrogen-bond donors (Lipinski definition) is 5. The number of rotatable bonds is 4. The van der Waals surface area contributed by atoms with Crippen molar-refractivity contribution in [3.05, 3.63) is 58.1 Å². The molecule has 0 bridgehead atoms. The van der Waals surface area contributed by atoms with Gasteiger partial charge >= 0.3 is 0 Å². The summed E-state index contributed by atoms with van der Waals surface area (Å²) in [5.41, 5.74) is -1.87. The maximum atomic E-state index is 13.9. The number of carbonyl (C=O) groups excluding carboxylic acids is 3. The SMILES string of the molecule is CC(=O)C1=C(O)[C@@H](N(C)C)[C@@H]2C[C@@H]3Cc4cc5ccc(NCC(C)(C)C)cc5c(O)c4C(=O)C3=C(O)[C@]2(O)C1=O. The molecule has 212 valence electrons. The first-order chi connectivity index (χ1) is 18.6. The molecule has 0 heterocycles. The van der Waals surface area contributed by atoms with Gasteiger partial charge in [0.05, 0.1) is 11.6 Å². The van der Waals surface area contributed by atoms with Gasteiger partial charge in [0.15, 0.2) is 17.2 Å². The Morgan fingerprint density at radius 3 is 2.40 bits per heavy atom. The number of phenolic OH excluding ortho intramolecular Hbond substituents is 1. The zero-order valence-electron chi connectivity index (χ0n) is 23.6. The topological polar surface area (TPSA) is 147 Å². The number of allylic oxidation sites excluding steroid dienone is 1. The first kappa shape index (κ1) is 27.9. The van der Waals surface area contributed by atoms with Crippen LogP contribution in [-0.2, 0) is 16.0 Å². The van der Waals surface area contributed by atoms with Gasteiger partial charge in [0.2, 0.25) is 5.78 Å². The van der Waals surface area contributed by atoms with Gasteiger partial charge in [0.25, 0.3) is 0 Å². The Hall–Kier alpha value is -3.69. The first-order valence-corrected chi connectivity index (χ1v) is 13.5. The number of Topliss-reactive ketones (excluding diaryl/α,β-unsaturated/α-hetero) is 3. The third-order valence-electron chi connectivity index (χ3n) is 8.46. The number of benzene rings is 2. The van der Waals surface area contributed by atoms with E-state index in [0.29, 0.717) is 17.5 Å². The highest BCUT2D eigenvalue weighted by molar-refractivity contribution is 6.25. The van der Waals surface area contributed by atoms with Gasteiger partial charge in [-0.1, -0.05) is 32.9 Å². The molecule has 0 aromatic heterocycles. The molecule has 0 saturated heterocycles. The monoisotopic (exact) mass is 548 g/mol. The number of nitrogens with one attached hydrogen (secondary N) is 1. The molecule has 0 unspecified atom stereocenters. The third kappa shape index (κ3) is 4.02. The fourth-order valence-electron chi connectivity index (χ4n) is 6.60. The van der Waals surface area contributed by atoms with Crippen LogP contribution in [-0.4, -0.2) is 75.0 Å². The lowest BCUT2D eigenvalue weighted by atomic mass is 9.58. The normalized spacial score (nSPS) is 26.6. The average molecular weight is 549 g/mol. The molecule has 5 rings (SSSR count). The predicted molar refractivity (Wildman–Crippen MR) is 151 cm³/mol. The molecule has 0 aliphatic heterocycles. The van der Waals surface area contributed by atoms with Gasteiger partial charge in [0, 0.05) is 29.1 Å². The van der Waals surface area contributed by atoms with E-state index in [2.05, 4.69) is 26.1 Å². The van der Waals surface area contributed by atoms with Gasteiger partial charge in [0.1, 0.15) is 22.8 Å². The molecule has 2 aromatic carbocycles. The number of ketones is 3. The second-order valence-electron chi connectivity index (χ2n) is 12.8. The largest absolute Gasteiger partial charge is 0.510 e. The molecule has 0 saturated carbocycles. The van der Waals surface area contributed by atoms with E-state index in [1.165, 1.54) is 0 Å². The molecule has 2 aromatic rings. The standard InChI is InChI=1S/C31H36N2O7/c1-14(34)21-27(37)24(33(5)6)20-11-17-10-16-9-15-7-8-18(32-13-30(2,3)4)12-19(15)25(35)22(16)26(36)23(17)29(39)31(20,40)28(21)38/h7-9,12,17,20,24,32,35,37,39-40H,10-11,13H2,1-6H3/t17-,20-,24-,31+/m0/s1. The highest BCUT2D eigenvalue weighted by Gasteiger charge is 2.63. The van der Waals surface area contributed by atoms with Crippen LogP contribution in [0.5, 0.6) is 5.75 Å². The number of nitrogens with zero attached hydrogens (tertiary/aromatic N) is 1. The van der Waals surface area contributed by atoms with Gasteiger partial charge < -0.3 is 25.7 Å². The van der Waals surface area contributed by atoms with E-state index in [1.54, 1.807) is 25.1 Å². The molecule has 0 amide bonds. The summed E-state index contributed by atoms with van der Waals surface area (Å²) in [5, 5.41) is 50.1. The Labute approximate surface area is 232 Å². The number of carbonyl (C=O) groups is 3. The van der Waals surface area contributed by atoms with E-state index >= 15 is 0 Å². The van der Waals surface area contributed by atoms with Crippen molar-refractivity contribution in [1.29, 1.82) is 0 Å². The smallest absolute Gasteiger partial charge is 0.209 e. The second kappa shape index (κ2) is 9.17. The highest BCUT2D eigenvalue weighted by Crippen LogP contribution is 2.53. The molecule has 5 N–H and O–H groups in total. The maximum absolute atomic E-state index is 13.9. The number of aliphatic hydroxyl groups is 3. The van der Waals surface area contributed by atoms with Crippen LogP contribution in [0.4, 0.5) is 5.69 Å². The lowest BCUT2D eigenvalue weighted by Crippen LogP contribution is -2.63. The van der Waals surface area contributed by atoms with Crippen molar-refractivity contribution < 1.29 is 34.8 Å². The van der Waals surface area contributed by atoms with Crippen LogP contribution in [0.1, 0.15) is 50.0 Å². The first-order valence-electron chi connectivity index (χ1n) is 13.5. The molecule has 9 nitrogen and oxygen atoms in total. The average Bonchev–Trinajstić information content (AvgIpc) is 2.84. The van der Waals surface area contributed by atoms with Crippen LogP contribution in [0.2, 0.25) is 0 Å². The van der Waals surface area contributed by atoms with Crippen molar-refractivity contribution in [3.8, 4) is 5.75 Å². The quantitative estimate of drug-likeness (QED) is 0.360. The van der Waals surface area contributed by atoms with Crippen molar-refractivity contribution in [2.75, 3.05) is 26.0 Å². The minimum Gasteiger partial charge on any atom is -0.510 e. The van der Waals surface area contributed by atoms with Gasteiger partial charge in [-0.25, -0.2) is 0 Å². The minimum atomic E-state index is -2.57. The zero-order chi connectivity index (χ0) is 29.5. The van der Waals surface area contributed by atoms with Crippen LogP contribution < -0.4 is 5.32 Å². The molecule has 0 radical (unpaired) electrons. The Morgan fingerprint density at radius 2 is 1.80 bits per heavy atom. The number of phenols is 1. The van der Waals surface area contributed by atoms with Crippen LogP contribution in [0.25, 0.3) is 10.8 Å². The molecular formula is C31H36N2O7. The van der Waals surface area contributed by atoms with Gasteiger partial charge in [-0.2, -0.15) is 0 Å². The van der Waals surface area contributed by atoms with Crippen molar-refractivity contribution >= 4 is 33.8 Å². The molecule has 9 heteroatoms. The Morgan fingerprint density at radius 1 is 1.12 bits per heavy atom. The van der Waals surface area contributed by atoms with E-state index in [4.69, 9.17) is 0 Å². The number of aromatic hydroxyl groups is 1. The number of anilines is 1. The van der Waals surface area contributed by atoms with E-state index in [0.717, 1.165) is 18.0 Å². The Kier molecular flexibility index (Phi) is 6.39. The summed E-state index contributed by atoms with van der Waals surface area (Å²) >= 11 is 0. The summed E-state index contributed by atoms with van der Waals surface area (Å²) in [4.78, 5) is 41.3. The van der Waals surface area contributed by atoms with Crippen molar-refractivity contribution in [2.24, 2.45) is 17.3 Å². The Bertz CT molecular complexity index is 1540. The van der Waals surface area contributed by atoms with Crippen LogP contribution >= 0.6 is 0 Å². The second-order valence-corrected chi connectivity index (χ2v) is 12.8. The predicted octanol–water partition coefficient (Wildman–Crippen LogP) is 3.84. The molecule has 40 heavy (non-hydrogen) atoms. The minimum absolute atomic E-state index is 0.0251. The van der Waals surface area contributed by atoms with Crippen molar-refractivity contribution in [2.45, 2.75) is 52.2 Å². The zero-order valence-corrected chi connectivity index (χ0v) is 23.6. The van der Waals surface area contributed by atoms with Crippen LogP contribution in [0, 0.1) is 17.3 Å². The fraction of sp³-hybridized carbons (Fsp3) is 0.452. The molecule has 3 aliphatic rings. The van der Waals surface area contributed by atoms with Gasteiger partial charge in [-0.15, -0.1) is 0 Å². The summed E-state index contributed by atoms with van der Waals surface area (Å²) in [7, 11) is 3.28.